The molecule has 3 heterocycles. The lowest BCUT2D eigenvalue weighted by molar-refractivity contribution is 0.387. The summed E-state index contributed by atoms with van der Waals surface area (Å²) in [5.41, 5.74) is 3.79. The molecule has 0 bridgehead atoms. The van der Waals surface area contributed by atoms with Crippen molar-refractivity contribution in [1.82, 2.24) is 9.88 Å². The molecule has 21 heavy (non-hydrogen) atoms. The lowest BCUT2D eigenvalue weighted by Gasteiger charge is -2.21. The van der Waals surface area contributed by atoms with Gasteiger partial charge in [0.15, 0.2) is 0 Å². The van der Waals surface area contributed by atoms with Gasteiger partial charge in [0.1, 0.15) is 0 Å². The first-order chi connectivity index (χ1) is 10.3. The van der Waals surface area contributed by atoms with Crippen molar-refractivity contribution >= 4 is 5.69 Å². The number of hydrogen-bond donors (Lipinski definition) is 0. The fourth-order valence-corrected chi connectivity index (χ4v) is 3.84. The number of pyridine rings is 1. The van der Waals surface area contributed by atoms with Crippen LogP contribution in [0.5, 0.6) is 0 Å². The average molecular weight is 279 g/mol. The first-order valence-electron chi connectivity index (χ1n) is 7.73. The number of aromatic nitrogens is 1. The molecule has 108 valence electrons. The normalized spacial score (nSPS) is 25.3. The molecule has 0 N–H and O–H groups in total. The fraction of sp³-hybridized carbons (Fsp3) is 0.389. The van der Waals surface area contributed by atoms with Crippen LogP contribution in [0.2, 0.25) is 0 Å². The molecule has 2 aromatic rings. The van der Waals surface area contributed by atoms with Gasteiger partial charge in [-0.25, -0.2) is 0 Å². The van der Waals surface area contributed by atoms with Gasteiger partial charge in [-0.05, 0) is 48.2 Å². The number of hydrogen-bond acceptors (Lipinski definition) is 3. The van der Waals surface area contributed by atoms with Gasteiger partial charge in [0, 0.05) is 44.3 Å². The van der Waals surface area contributed by atoms with Crippen LogP contribution in [0.1, 0.15) is 0 Å². The van der Waals surface area contributed by atoms with E-state index in [1.54, 1.807) is 0 Å². The van der Waals surface area contributed by atoms with E-state index >= 15 is 0 Å². The van der Waals surface area contributed by atoms with Crippen molar-refractivity contribution in [1.29, 1.82) is 0 Å². The third-order valence-electron chi connectivity index (χ3n) is 4.90. The van der Waals surface area contributed by atoms with Crippen molar-refractivity contribution in [2.24, 2.45) is 11.8 Å². The SMILES string of the molecule is CN1CC2CN(c3ccc(-c4cccnc4)cc3)CC2C1. The Labute approximate surface area is 126 Å². The molecule has 0 aliphatic carbocycles. The van der Waals surface area contributed by atoms with Crippen LogP contribution < -0.4 is 4.90 Å². The smallest absolute Gasteiger partial charge is 0.0366 e. The molecule has 2 fully saturated rings. The second kappa shape index (κ2) is 5.15. The van der Waals surface area contributed by atoms with Crippen molar-refractivity contribution < 1.29 is 0 Å². The standard InChI is InChI=1S/C18H21N3/c1-20-10-16-12-21(13-17(16)11-20)18-6-4-14(5-7-18)15-3-2-8-19-9-15/h2-9,16-17H,10-13H2,1H3. The van der Waals surface area contributed by atoms with Crippen LogP contribution >= 0.6 is 0 Å². The summed E-state index contributed by atoms with van der Waals surface area (Å²) < 4.78 is 0. The van der Waals surface area contributed by atoms with Crippen molar-refractivity contribution in [3.63, 3.8) is 0 Å². The second-order valence-corrected chi connectivity index (χ2v) is 6.43. The minimum atomic E-state index is 0.855. The van der Waals surface area contributed by atoms with Crippen molar-refractivity contribution in [2.45, 2.75) is 0 Å². The van der Waals surface area contributed by atoms with Crippen LogP contribution in [-0.2, 0) is 0 Å². The van der Waals surface area contributed by atoms with Crippen molar-refractivity contribution in [2.75, 3.05) is 38.1 Å². The highest BCUT2D eigenvalue weighted by molar-refractivity contribution is 5.65. The molecular weight excluding hydrogens is 258 g/mol. The molecule has 1 aromatic carbocycles. The zero-order chi connectivity index (χ0) is 14.2. The highest BCUT2D eigenvalue weighted by atomic mass is 15.2. The molecule has 2 saturated heterocycles. The predicted molar refractivity (Wildman–Crippen MR) is 86.4 cm³/mol. The van der Waals surface area contributed by atoms with Crippen LogP contribution in [0.3, 0.4) is 0 Å². The molecule has 0 spiro atoms. The number of rotatable bonds is 2. The molecule has 2 aliphatic rings. The minimum Gasteiger partial charge on any atom is -0.371 e. The summed E-state index contributed by atoms with van der Waals surface area (Å²) >= 11 is 0. The molecule has 2 unspecified atom stereocenters. The summed E-state index contributed by atoms with van der Waals surface area (Å²) in [5.74, 6) is 1.71. The predicted octanol–water partition coefficient (Wildman–Crippen LogP) is 2.75. The Morgan fingerprint density at radius 2 is 1.62 bits per heavy atom. The van der Waals surface area contributed by atoms with Gasteiger partial charge in [0.2, 0.25) is 0 Å². The highest BCUT2D eigenvalue weighted by Crippen LogP contribution is 2.33. The molecule has 2 aliphatic heterocycles. The molecule has 1 aromatic heterocycles. The number of benzene rings is 1. The van der Waals surface area contributed by atoms with Gasteiger partial charge in [-0.15, -0.1) is 0 Å². The first kappa shape index (κ1) is 12.8. The van der Waals surface area contributed by atoms with E-state index in [0.717, 1.165) is 11.8 Å². The van der Waals surface area contributed by atoms with E-state index in [1.165, 1.54) is 43.0 Å². The highest BCUT2D eigenvalue weighted by Gasteiger charge is 2.38. The number of fused-ring (bicyclic) bond motifs is 1. The van der Waals surface area contributed by atoms with E-state index in [4.69, 9.17) is 0 Å². The Kier molecular flexibility index (Phi) is 3.15. The van der Waals surface area contributed by atoms with Crippen LogP contribution in [0.15, 0.2) is 48.8 Å². The van der Waals surface area contributed by atoms with Crippen molar-refractivity contribution in [3.8, 4) is 11.1 Å². The monoisotopic (exact) mass is 279 g/mol. The summed E-state index contributed by atoms with van der Waals surface area (Å²) in [5, 5.41) is 0. The summed E-state index contributed by atoms with van der Waals surface area (Å²) in [6.07, 6.45) is 3.74. The van der Waals surface area contributed by atoms with Gasteiger partial charge in [0.05, 0.1) is 0 Å². The first-order valence-corrected chi connectivity index (χ1v) is 7.73. The third-order valence-corrected chi connectivity index (χ3v) is 4.90. The van der Waals surface area contributed by atoms with E-state index in [2.05, 4.69) is 52.2 Å². The van der Waals surface area contributed by atoms with Crippen molar-refractivity contribution in [3.05, 3.63) is 48.8 Å². The topological polar surface area (TPSA) is 19.4 Å². The molecule has 4 rings (SSSR count). The molecular formula is C18H21N3. The van der Waals surface area contributed by atoms with Gasteiger partial charge in [0.25, 0.3) is 0 Å². The number of nitrogens with zero attached hydrogens (tertiary/aromatic N) is 3. The average Bonchev–Trinajstić information content (AvgIpc) is 3.06. The van der Waals surface area contributed by atoms with E-state index in [1.807, 2.05) is 18.5 Å². The lowest BCUT2D eigenvalue weighted by Crippen LogP contribution is -2.26. The minimum absolute atomic E-state index is 0.855. The Bertz CT molecular complexity index is 594. The maximum Gasteiger partial charge on any atom is 0.0366 e. The lowest BCUT2D eigenvalue weighted by atomic mass is 10.0. The summed E-state index contributed by atoms with van der Waals surface area (Å²) in [6, 6.07) is 13.0. The van der Waals surface area contributed by atoms with E-state index < -0.39 is 0 Å². The van der Waals surface area contributed by atoms with E-state index in [-0.39, 0.29) is 0 Å². The van der Waals surface area contributed by atoms with Gasteiger partial charge in [-0.3, -0.25) is 4.98 Å². The Hall–Kier alpha value is -1.87. The maximum atomic E-state index is 4.19. The van der Waals surface area contributed by atoms with E-state index in [0.29, 0.717) is 0 Å². The third kappa shape index (κ3) is 2.42. The number of likely N-dealkylation sites (tertiary alicyclic amines) is 1. The summed E-state index contributed by atoms with van der Waals surface area (Å²) in [7, 11) is 2.24. The van der Waals surface area contributed by atoms with Gasteiger partial charge in [-0.2, -0.15) is 0 Å². The molecule has 3 nitrogen and oxygen atoms in total. The van der Waals surface area contributed by atoms with Crippen LogP contribution in [0.4, 0.5) is 5.69 Å². The largest absolute Gasteiger partial charge is 0.371 e. The fourth-order valence-electron chi connectivity index (χ4n) is 3.84. The molecule has 0 amide bonds. The quantitative estimate of drug-likeness (QED) is 0.842. The van der Waals surface area contributed by atoms with Crippen LogP contribution in [0, 0.1) is 11.8 Å². The van der Waals surface area contributed by atoms with Crippen LogP contribution in [-0.4, -0.2) is 43.1 Å². The Balaban J connectivity index is 1.50. The van der Waals surface area contributed by atoms with E-state index in [9.17, 15) is 0 Å². The zero-order valence-electron chi connectivity index (χ0n) is 12.4. The summed E-state index contributed by atoms with van der Waals surface area (Å²) in [4.78, 5) is 9.21. The van der Waals surface area contributed by atoms with Gasteiger partial charge >= 0.3 is 0 Å². The number of anilines is 1. The molecule has 3 heteroatoms. The Morgan fingerprint density at radius 1 is 0.905 bits per heavy atom. The second-order valence-electron chi connectivity index (χ2n) is 6.43. The molecule has 0 saturated carbocycles. The zero-order valence-corrected chi connectivity index (χ0v) is 12.4. The molecule has 0 radical (unpaired) electrons. The Morgan fingerprint density at radius 3 is 2.24 bits per heavy atom. The van der Waals surface area contributed by atoms with Crippen LogP contribution in [0.25, 0.3) is 11.1 Å². The molecule has 2 atom stereocenters. The maximum absolute atomic E-state index is 4.19. The van der Waals surface area contributed by atoms with Gasteiger partial charge in [-0.1, -0.05) is 18.2 Å². The van der Waals surface area contributed by atoms with Gasteiger partial charge < -0.3 is 9.80 Å². The summed E-state index contributed by atoms with van der Waals surface area (Å²) in [6.45, 7) is 4.94.